The zero-order valence-electron chi connectivity index (χ0n) is 19.7. The second kappa shape index (κ2) is 9.02. The number of methoxy groups -OCH3 is 1. The van der Waals surface area contributed by atoms with Crippen LogP contribution in [0.2, 0.25) is 0 Å². The minimum atomic E-state index is -1.80. The number of rotatable bonds is 6. The molecule has 2 N–H and O–H groups in total. The van der Waals surface area contributed by atoms with Crippen LogP contribution in [0.5, 0.6) is 0 Å². The molecule has 1 unspecified atom stereocenters. The number of anilines is 1. The number of primary amides is 1. The number of nitrogens with zero attached hydrogens (tertiary/aromatic N) is 3. The number of ketones is 1. The molecule has 1 fully saturated rings. The third kappa shape index (κ3) is 4.41. The van der Waals surface area contributed by atoms with Gasteiger partial charge in [-0.05, 0) is 25.8 Å². The Morgan fingerprint density at radius 2 is 1.75 bits per heavy atom. The van der Waals surface area contributed by atoms with Gasteiger partial charge in [-0.1, -0.05) is 58.2 Å². The standard InChI is InChI=1S/C24H34N4O4/c1-23(2,3)19(29)15-27-18-14-10-9-13-17(18)20(16-11-7-6-8-12-16)26-28(22(27)31)24(4,32-5)21(25)30/h9-10,13-14,16H,6-8,11-12,15H2,1-5H3,(H2,25,30). The van der Waals surface area contributed by atoms with Crippen LogP contribution in [0.1, 0.15) is 65.4 Å². The molecule has 1 heterocycles. The molecule has 1 aliphatic carbocycles. The summed E-state index contributed by atoms with van der Waals surface area (Å²) in [7, 11) is 1.32. The summed E-state index contributed by atoms with van der Waals surface area (Å²) in [4.78, 5) is 40.6. The molecule has 2 aliphatic rings. The second-order valence-corrected chi connectivity index (χ2v) is 9.74. The van der Waals surface area contributed by atoms with E-state index in [1.54, 1.807) is 0 Å². The van der Waals surface area contributed by atoms with Gasteiger partial charge >= 0.3 is 6.03 Å². The fourth-order valence-corrected chi connectivity index (χ4v) is 4.13. The van der Waals surface area contributed by atoms with Crippen LogP contribution in [0.3, 0.4) is 0 Å². The Morgan fingerprint density at radius 1 is 1.12 bits per heavy atom. The van der Waals surface area contributed by atoms with E-state index in [9.17, 15) is 14.4 Å². The van der Waals surface area contributed by atoms with Crippen molar-refractivity contribution in [1.82, 2.24) is 5.01 Å². The molecule has 1 saturated carbocycles. The molecule has 0 spiro atoms. The van der Waals surface area contributed by atoms with E-state index in [1.807, 2.05) is 45.0 Å². The van der Waals surface area contributed by atoms with Crippen LogP contribution >= 0.6 is 0 Å². The highest BCUT2D eigenvalue weighted by Gasteiger charge is 2.47. The number of carbonyl (C=O) groups is 3. The lowest BCUT2D eigenvalue weighted by Gasteiger charge is -2.36. The topological polar surface area (TPSA) is 105 Å². The van der Waals surface area contributed by atoms with Crippen LogP contribution in [0.4, 0.5) is 10.5 Å². The average molecular weight is 443 g/mol. The highest BCUT2D eigenvalue weighted by molar-refractivity contribution is 6.13. The van der Waals surface area contributed by atoms with Crippen molar-refractivity contribution < 1.29 is 19.1 Å². The van der Waals surface area contributed by atoms with Gasteiger partial charge in [0, 0.05) is 24.0 Å². The Bertz CT molecular complexity index is 930. The van der Waals surface area contributed by atoms with Crippen LogP contribution < -0.4 is 10.6 Å². The van der Waals surface area contributed by atoms with Crippen molar-refractivity contribution in [2.45, 2.75) is 65.5 Å². The molecule has 8 nitrogen and oxygen atoms in total. The number of Topliss-reactive ketones (excluding diaryl/α,β-unsaturated/α-hetero) is 1. The predicted octanol–water partition coefficient (Wildman–Crippen LogP) is 3.68. The first-order valence-corrected chi connectivity index (χ1v) is 11.2. The van der Waals surface area contributed by atoms with Crippen LogP contribution in [0.25, 0.3) is 0 Å². The van der Waals surface area contributed by atoms with Crippen molar-refractivity contribution in [3.05, 3.63) is 29.8 Å². The minimum Gasteiger partial charge on any atom is -0.365 e. The molecule has 1 aromatic rings. The molecule has 0 aromatic heterocycles. The first kappa shape index (κ1) is 23.9. The molecule has 0 bridgehead atoms. The number of urea groups is 1. The molecule has 1 aromatic carbocycles. The monoisotopic (exact) mass is 442 g/mol. The smallest absolute Gasteiger partial charge is 0.348 e. The zero-order valence-corrected chi connectivity index (χ0v) is 19.7. The van der Waals surface area contributed by atoms with E-state index >= 15 is 0 Å². The molecule has 174 valence electrons. The van der Waals surface area contributed by atoms with Gasteiger partial charge in [0.2, 0.25) is 5.72 Å². The number of benzene rings is 1. The summed E-state index contributed by atoms with van der Waals surface area (Å²) < 4.78 is 5.43. The van der Waals surface area contributed by atoms with Gasteiger partial charge in [-0.3, -0.25) is 14.5 Å². The summed E-state index contributed by atoms with van der Waals surface area (Å²) in [5.74, 6) is -0.819. The predicted molar refractivity (Wildman–Crippen MR) is 123 cm³/mol. The Morgan fingerprint density at radius 3 is 2.31 bits per heavy atom. The number of para-hydroxylation sites is 1. The van der Waals surface area contributed by atoms with E-state index < -0.39 is 23.1 Å². The Hall–Kier alpha value is -2.74. The van der Waals surface area contributed by atoms with Crippen LogP contribution in [0, 0.1) is 11.3 Å². The van der Waals surface area contributed by atoms with Crippen LogP contribution in [-0.4, -0.2) is 47.8 Å². The number of nitrogens with two attached hydrogens (primary N) is 1. The highest BCUT2D eigenvalue weighted by Crippen LogP contribution is 2.36. The third-order valence-electron chi connectivity index (χ3n) is 6.48. The summed E-state index contributed by atoms with van der Waals surface area (Å²) in [6, 6.07) is 6.84. The van der Waals surface area contributed by atoms with Crippen molar-refractivity contribution in [1.29, 1.82) is 0 Å². The third-order valence-corrected chi connectivity index (χ3v) is 6.48. The maximum absolute atomic E-state index is 13.8. The summed E-state index contributed by atoms with van der Waals surface area (Å²) in [6.07, 6.45) is 5.19. The fourth-order valence-electron chi connectivity index (χ4n) is 4.13. The average Bonchev–Trinajstić information content (AvgIpc) is 2.88. The first-order chi connectivity index (χ1) is 15.0. The Kier molecular flexibility index (Phi) is 6.74. The summed E-state index contributed by atoms with van der Waals surface area (Å²) in [6.45, 7) is 6.71. The number of hydrazone groups is 1. The minimum absolute atomic E-state index is 0.111. The van der Waals surface area contributed by atoms with Crippen molar-refractivity contribution in [3.63, 3.8) is 0 Å². The van der Waals surface area contributed by atoms with Gasteiger partial charge in [-0.15, -0.1) is 0 Å². The second-order valence-electron chi connectivity index (χ2n) is 9.74. The first-order valence-electron chi connectivity index (χ1n) is 11.2. The molecule has 0 saturated heterocycles. The van der Waals surface area contributed by atoms with E-state index in [0.29, 0.717) is 5.69 Å². The molecule has 1 atom stereocenters. The molecule has 1 aliphatic heterocycles. The maximum atomic E-state index is 13.8. The van der Waals surface area contributed by atoms with Gasteiger partial charge in [-0.25, -0.2) is 4.79 Å². The highest BCUT2D eigenvalue weighted by atomic mass is 16.5. The summed E-state index contributed by atoms with van der Waals surface area (Å²) >= 11 is 0. The van der Waals surface area contributed by atoms with Gasteiger partial charge in [0.05, 0.1) is 17.9 Å². The zero-order chi connectivity index (χ0) is 23.7. The SMILES string of the molecule is COC(C)(C(N)=O)N1N=C(C2CCCCC2)c2ccccc2N(CC(=O)C(C)(C)C)C1=O. The summed E-state index contributed by atoms with van der Waals surface area (Å²) in [5, 5.41) is 5.75. The number of carbonyl (C=O) groups excluding carboxylic acids is 3. The number of ether oxygens (including phenoxy) is 1. The molecule has 8 heteroatoms. The van der Waals surface area contributed by atoms with E-state index in [0.717, 1.165) is 48.4 Å². The van der Waals surface area contributed by atoms with Crippen molar-refractivity contribution in [2.24, 2.45) is 22.2 Å². The largest absolute Gasteiger partial charge is 0.365 e. The van der Waals surface area contributed by atoms with E-state index in [1.165, 1.54) is 18.9 Å². The van der Waals surface area contributed by atoms with Crippen molar-refractivity contribution in [3.8, 4) is 0 Å². The molecule has 32 heavy (non-hydrogen) atoms. The molecular formula is C24H34N4O4. The number of hydrogen-bond donors (Lipinski definition) is 1. The normalized spacial score (nSPS) is 19.7. The lowest BCUT2D eigenvalue weighted by atomic mass is 9.82. The number of amides is 3. The maximum Gasteiger partial charge on any atom is 0.348 e. The lowest BCUT2D eigenvalue weighted by Crippen LogP contribution is -2.60. The molecule has 0 radical (unpaired) electrons. The van der Waals surface area contributed by atoms with Crippen molar-refractivity contribution >= 4 is 29.1 Å². The Balaban J connectivity index is 2.21. The molecule has 3 amide bonds. The lowest BCUT2D eigenvalue weighted by molar-refractivity contribution is -0.156. The molecular weight excluding hydrogens is 408 g/mol. The van der Waals surface area contributed by atoms with Gasteiger partial charge in [0.25, 0.3) is 5.91 Å². The molecule has 3 rings (SSSR count). The number of hydrogen-bond acceptors (Lipinski definition) is 5. The van der Waals surface area contributed by atoms with E-state index in [-0.39, 0.29) is 18.2 Å². The van der Waals surface area contributed by atoms with Gasteiger partial charge in [0.15, 0.2) is 5.78 Å². The van der Waals surface area contributed by atoms with Crippen LogP contribution in [-0.2, 0) is 14.3 Å². The van der Waals surface area contributed by atoms with Gasteiger partial charge < -0.3 is 10.5 Å². The fraction of sp³-hybridized carbons (Fsp3) is 0.583. The van der Waals surface area contributed by atoms with E-state index in [2.05, 4.69) is 0 Å². The van der Waals surface area contributed by atoms with Gasteiger partial charge in [0.1, 0.15) is 0 Å². The van der Waals surface area contributed by atoms with E-state index in [4.69, 9.17) is 15.6 Å². The quantitative estimate of drug-likeness (QED) is 0.725. The van der Waals surface area contributed by atoms with Crippen LogP contribution in [0.15, 0.2) is 29.4 Å². The summed E-state index contributed by atoms with van der Waals surface area (Å²) in [5.41, 5.74) is 5.33. The number of fused-ring (bicyclic) bond motifs is 1. The Labute approximate surface area is 189 Å². The van der Waals surface area contributed by atoms with Gasteiger partial charge in [-0.2, -0.15) is 10.1 Å². The van der Waals surface area contributed by atoms with Crippen molar-refractivity contribution in [2.75, 3.05) is 18.6 Å².